The molecule has 0 saturated heterocycles. The van der Waals surface area contributed by atoms with Gasteiger partial charge in [-0.2, -0.15) is 0 Å². The molecule has 30 heavy (non-hydrogen) atoms. The van der Waals surface area contributed by atoms with Crippen molar-refractivity contribution in [2.45, 2.75) is 31.1 Å². The molecule has 3 aromatic carbocycles. The maximum Gasteiger partial charge on any atom is 0.262 e. The number of thioether (sulfide) groups is 1. The van der Waals surface area contributed by atoms with Crippen LogP contribution in [0.25, 0.3) is 21.7 Å². The molecule has 4 aromatic rings. The van der Waals surface area contributed by atoms with Gasteiger partial charge in [-0.15, -0.1) is 0 Å². The Hall–Kier alpha value is -2.83. The van der Waals surface area contributed by atoms with E-state index in [2.05, 4.69) is 4.98 Å². The Morgan fingerprint density at radius 3 is 2.60 bits per heavy atom. The van der Waals surface area contributed by atoms with Crippen molar-refractivity contribution in [2.75, 3.05) is 12.4 Å². The van der Waals surface area contributed by atoms with Gasteiger partial charge in [-0.05, 0) is 30.0 Å². The third kappa shape index (κ3) is 4.35. The Morgan fingerprint density at radius 2 is 1.77 bits per heavy atom. The second-order valence-corrected chi connectivity index (χ2v) is 8.11. The number of hydrogen-bond acceptors (Lipinski definition) is 5. The van der Waals surface area contributed by atoms with Gasteiger partial charge in [0.05, 0.1) is 17.0 Å². The molecule has 0 unspecified atom stereocenters. The van der Waals surface area contributed by atoms with Gasteiger partial charge < -0.3 is 9.84 Å². The van der Waals surface area contributed by atoms with Crippen molar-refractivity contribution >= 4 is 33.4 Å². The fraction of sp³-hybridized carbons (Fsp3) is 0.250. The monoisotopic (exact) mass is 420 g/mol. The lowest BCUT2D eigenvalue weighted by molar-refractivity contribution is 0.127. The van der Waals surface area contributed by atoms with Gasteiger partial charge in [0.25, 0.3) is 5.56 Å². The third-order valence-corrected chi connectivity index (χ3v) is 5.98. The van der Waals surface area contributed by atoms with Gasteiger partial charge in [0.2, 0.25) is 0 Å². The zero-order valence-corrected chi connectivity index (χ0v) is 17.6. The summed E-state index contributed by atoms with van der Waals surface area (Å²) in [5.74, 6) is 1.14. The van der Waals surface area contributed by atoms with Crippen molar-refractivity contribution in [1.82, 2.24) is 9.55 Å². The molecule has 1 atom stereocenters. The second kappa shape index (κ2) is 9.32. The number of para-hydroxylation sites is 1. The fourth-order valence-corrected chi connectivity index (χ4v) is 4.34. The summed E-state index contributed by atoms with van der Waals surface area (Å²) in [6, 6.07) is 21.3. The predicted molar refractivity (Wildman–Crippen MR) is 122 cm³/mol. The van der Waals surface area contributed by atoms with Gasteiger partial charge in [-0.25, -0.2) is 4.98 Å². The first-order valence-electron chi connectivity index (χ1n) is 10.1. The highest BCUT2D eigenvalue weighted by molar-refractivity contribution is 7.99. The number of benzene rings is 3. The zero-order valence-electron chi connectivity index (χ0n) is 16.8. The van der Waals surface area contributed by atoms with E-state index in [9.17, 15) is 9.90 Å². The van der Waals surface area contributed by atoms with Crippen LogP contribution in [0.3, 0.4) is 0 Å². The van der Waals surface area contributed by atoms with Crippen LogP contribution >= 0.6 is 11.8 Å². The average Bonchev–Trinajstić information content (AvgIpc) is 2.78. The molecule has 0 saturated carbocycles. The maximum atomic E-state index is 12.8. The molecule has 1 N–H and O–H groups in total. The first kappa shape index (κ1) is 20.4. The van der Waals surface area contributed by atoms with Gasteiger partial charge in [0.1, 0.15) is 12.4 Å². The van der Waals surface area contributed by atoms with E-state index in [0.717, 1.165) is 22.9 Å². The molecule has 0 spiro atoms. The van der Waals surface area contributed by atoms with Crippen molar-refractivity contribution in [2.24, 2.45) is 0 Å². The van der Waals surface area contributed by atoms with Crippen LogP contribution in [0, 0.1) is 0 Å². The smallest absolute Gasteiger partial charge is 0.262 e. The van der Waals surface area contributed by atoms with E-state index in [1.165, 1.54) is 11.8 Å². The van der Waals surface area contributed by atoms with Crippen LogP contribution < -0.4 is 10.3 Å². The Kier molecular flexibility index (Phi) is 6.35. The van der Waals surface area contributed by atoms with Crippen LogP contribution in [-0.2, 0) is 6.54 Å². The summed E-state index contributed by atoms with van der Waals surface area (Å²) in [7, 11) is 0. The molecule has 1 heterocycles. The topological polar surface area (TPSA) is 64.3 Å². The average molecular weight is 421 g/mol. The van der Waals surface area contributed by atoms with Crippen molar-refractivity contribution < 1.29 is 9.84 Å². The summed E-state index contributed by atoms with van der Waals surface area (Å²) in [5, 5.41) is 13.9. The van der Waals surface area contributed by atoms with Crippen LogP contribution in [0.1, 0.15) is 13.3 Å². The minimum atomic E-state index is -0.688. The summed E-state index contributed by atoms with van der Waals surface area (Å²) in [4.78, 5) is 17.5. The Morgan fingerprint density at radius 1 is 1.03 bits per heavy atom. The number of aliphatic hydroxyl groups is 1. The molecule has 6 heteroatoms. The van der Waals surface area contributed by atoms with Crippen LogP contribution in [0.2, 0.25) is 0 Å². The highest BCUT2D eigenvalue weighted by Gasteiger charge is 2.14. The molecule has 0 bridgehead atoms. The van der Waals surface area contributed by atoms with Crippen LogP contribution in [0.4, 0.5) is 0 Å². The molecule has 0 aliphatic carbocycles. The fourth-order valence-electron chi connectivity index (χ4n) is 3.41. The summed E-state index contributed by atoms with van der Waals surface area (Å²) >= 11 is 1.38. The number of ether oxygens (including phenoxy) is 1. The van der Waals surface area contributed by atoms with E-state index in [1.807, 2.05) is 67.6 Å². The molecule has 1 aromatic heterocycles. The Balaban J connectivity index is 1.47. The van der Waals surface area contributed by atoms with E-state index in [4.69, 9.17) is 4.74 Å². The number of aromatic nitrogens is 2. The van der Waals surface area contributed by atoms with Crippen LogP contribution in [0.15, 0.2) is 76.7 Å². The lowest BCUT2D eigenvalue weighted by Gasteiger charge is -2.15. The molecule has 154 valence electrons. The summed E-state index contributed by atoms with van der Waals surface area (Å²) < 4.78 is 7.59. The standard InChI is InChI=1S/C24H24N2O3S/c1-2-14-26-23(28)20-11-5-6-12-21(20)25-24(26)30-16-18(27)15-29-22-13-7-9-17-8-3-4-10-19(17)22/h3-13,18,27H,2,14-16H2,1H3/t18-/m1/s1. The highest BCUT2D eigenvalue weighted by atomic mass is 32.2. The van der Waals surface area contributed by atoms with E-state index >= 15 is 0 Å². The van der Waals surface area contributed by atoms with Crippen LogP contribution in [-0.4, -0.2) is 33.1 Å². The Labute approximate surface area is 179 Å². The van der Waals surface area contributed by atoms with E-state index in [-0.39, 0.29) is 12.2 Å². The predicted octanol–water partition coefficient (Wildman–Crippen LogP) is 4.49. The quantitative estimate of drug-likeness (QED) is 0.336. The molecular weight excluding hydrogens is 396 g/mol. The summed E-state index contributed by atoms with van der Waals surface area (Å²) in [5.41, 5.74) is 0.644. The molecule has 0 aliphatic heterocycles. The molecule has 0 aliphatic rings. The van der Waals surface area contributed by atoms with Crippen molar-refractivity contribution in [1.29, 1.82) is 0 Å². The molecular formula is C24H24N2O3S. The minimum absolute atomic E-state index is 0.0357. The number of nitrogens with zero attached hydrogens (tertiary/aromatic N) is 2. The molecule has 5 nitrogen and oxygen atoms in total. The SMILES string of the molecule is CCCn1c(SC[C@H](O)COc2cccc3ccccc23)nc2ccccc2c1=O. The highest BCUT2D eigenvalue weighted by Crippen LogP contribution is 2.26. The van der Waals surface area contributed by atoms with Crippen molar-refractivity contribution in [3.63, 3.8) is 0 Å². The maximum absolute atomic E-state index is 12.8. The summed E-state index contributed by atoms with van der Waals surface area (Å²) in [6.45, 7) is 2.80. The van der Waals surface area contributed by atoms with Crippen LogP contribution in [0.5, 0.6) is 5.75 Å². The number of aliphatic hydroxyl groups excluding tert-OH is 1. The third-order valence-electron chi connectivity index (χ3n) is 4.86. The normalized spacial score (nSPS) is 12.3. The van der Waals surface area contributed by atoms with E-state index < -0.39 is 6.10 Å². The Bertz CT molecular complexity index is 1220. The summed E-state index contributed by atoms with van der Waals surface area (Å²) in [6.07, 6.45) is 0.146. The van der Waals surface area contributed by atoms with E-state index in [0.29, 0.717) is 28.4 Å². The number of hydrogen-bond donors (Lipinski definition) is 1. The molecule has 0 fully saturated rings. The lowest BCUT2D eigenvalue weighted by Crippen LogP contribution is -2.25. The first-order valence-corrected chi connectivity index (χ1v) is 11.1. The second-order valence-electron chi connectivity index (χ2n) is 7.12. The lowest BCUT2D eigenvalue weighted by atomic mass is 10.1. The number of fused-ring (bicyclic) bond motifs is 2. The largest absolute Gasteiger partial charge is 0.490 e. The van der Waals surface area contributed by atoms with Crippen molar-refractivity contribution in [3.05, 3.63) is 77.1 Å². The van der Waals surface area contributed by atoms with Gasteiger partial charge in [-0.3, -0.25) is 9.36 Å². The van der Waals surface area contributed by atoms with Crippen molar-refractivity contribution in [3.8, 4) is 5.75 Å². The van der Waals surface area contributed by atoms with Gasteiger partial charge in [-0.1, -0.05) is 67.2 Å². The zero-order chi connectivity index (χ0) is 20.9. The molecule has 4 rings (SSSR count). The van der Waals surface area contributed by atoms with E-state index in [1.54, 1.807) is 10.6 Å². The van der Waals surface area contributed by atoms with Gasteiger partial charge in [0.15, 0.2) is 5.16 Å². The minimum Gasteiger partial charge on any atom is -0.490 e. The van der Waals surface area contributed by atoms with Gasteiger partial charge >= 0.3 is 0 Å². The first-order chi connectivity index (χ1) is 14.7. The van der Waals surface area contributed by atoms with Gasteiger partial charge in [0, 0.05) is 17.7 Å². The number of rotatable bonds is 8. The molecule has 0 amide bonds. The molecule has 0 radical (unpaired) electrons.